The summed E-state index contributed by atoms with van der Waals surface area (Å²) in [7, 11) is 1.55. The number of carbonyl (C=O) groups is 1. The van der Waals surface area contributed by atoms with E-state index in [1.165, 1.54) is 25.9 Å². The first-order valence-corrected chi connectivity index (χ1v) is 7.15. The van der Waals surface area contributed by atoms with Crippen LogP contribution in [0.4, 0.5) is 5.69 Å². The Morgan fingerprint density at radius 3 is 2.85 bits per heavy atom. The van der Waals surface area contributed by atoms with Crippen LogP contribution in [0.2, 0.25) is 0 Å². The summed E-state index contributed by atoms with van der Waals surface area (Å²) >= 11 is 0. The van der Waals surface area contributed by atoms with Crippen LogP contribution < -0.4 is 15.8 Å². The second kappa shape index (κ2) is 7.14. The van der Waals surface area contributed by atoms with Crippen molar-refractivity contribution in [1.82, 2.24) is 10.2 Å². The minimum absolute atomic E-state index is 0.0790. The molecular weight excluding hydrogens is 254 g/mol. The number of nitrogens with zero attached hydrogens (tertiary/aromatic N) is 1. The number of amides is 1. The van der Waals surface area contributed by atoms with Crippen LogP contribution in [-0.4, -0.2) is 44.1 Å². The molecule has 0 spiro atoms. The lowest BCUT2D eigenvalue weighted by Crippen LogP contribution is -2.28. The van der Waals surface area contributed by atoms with Crippen molar-refractivity contribution in [2.45, 2.75) is 19.3 Å². The summed E-state index contributed by atoms with van der Waals surface area (Å²) in [5.74, 6) is 0.458. The molecule has 1 aliphatic rings. The van der Waals surface area contributed by atoms with Crippen LogP contribution in [0.3, 0.4) is 0 Å². The van der Waals surface area contributed by atoms with E-state index in [-0.39, 0.29) is 5.91 Å². The van der Waals surface area contributed by atoms with Gasteiger partial charge in [0.2, 0.25) is 0 Å². The Hall–Kier alpha value is -1.75. The lowest BCUT2D eigenvalue weighted by Gasteiger charge is -2.14. The Bertz CT molecular complexity index is 456. The number of anilines is 1. The molecule has 5 heteroatoms. The summed E-state index contributed by atoms with van der Waals surface area (Å²) < 4.78 is 5.12. The minimum Gasteiger partial charge on any atom is -0.495 e. The predicted molar refractivity (Wildman–Crippen MR) is 80.0 cm³/mol. The van der Waals surface area contributed by atoms with Crippen LogP contribution in [0.15, 0.2) is 18.2 Å². The number of carbonyl (C=O) groups excluding carboxylic acids is 1. The Balaban J connectivity index is 1.76. The Kier molecular flexibility index (Phi) is 5.24. The molecule has 0 saturated carbocycles. The number of likely N-dealkylation sites (tertiary alicyclic amines) is 1. The molecule has 5 nitrogen and oxygen atoms in total. The Labute approximate surface area is 120 Å². The first-order chi connectivity index (χ1) is 9.70. The Morgan fingerprint density at radius 2 is 2.15 bits per heavy atom. The molecule has 0 aliphatic carbocycles. The van der Waals surface area contributed by atoms with Gasteiger partial charge in [-0.25, -0.2) is 0 Å². The number of benzene rings is 1. The number of methoxy groups -OCH3 is 1. The van der Waals surface area contributed by atoms with Gasteiger partial charge in [0, 0.05) is 12.1 Å². The molecule has 3 N–H and O–H groups in total. The molecule has 1 aromatic rings. The van der Waals surface area contributed by atoms with E-state index in [4.69, 9.17) is 10.5 Å². The van der Waals surface area contributed by atoms with Gasteiger partial charge in [-0.05, 0) is 57.1 Å². The fraction of sp³-hybridized carbons (Fsp3) is 0.533. The zero-order valence-corrected chi connectivity index (χ0v) is 12.0. The van der Waals surface area contributed by atoms with Crippen LogP contribution in [0.1, 0.15) is 29.6 Å². The summed E-state index contributed by atoms with van der Waals surface area (Å²) in [6.07, 6.45) is 3.59. The molecule has 0 aromatic heterocycles. The maximum absolute atomic E-state index is 12.0. The van der Waals surface area contributed by atoms with Crippen molar-refractivity contribution < 1.29 is 9.53 Å². The highest BCUT2D eigenvalue weighted by molar-refractivity contribution is 5.95. The van der Waals surface area contributed by atoms with Gasteiger partial charge in [-0.3, -0.25) is 4.79 Å². The predicted octanol–water partition coefficient (Wildman–Crippen LogP) is 1.49. The Morgan fingerprint density at radius 1 is 1.40 bits per heavy atom. The van der Waals surface area contributed by atoms with Crippen molar-refractivity contribution >= 4 is 11.6 Å². The van der Waals surface area contributed by atoms with Gasteiger partial charge in [-0.2, -0.15) is 0 Å². The molecule has 0 bridgehead atoms. The quantitative estimate of drug-likeness (QED) is 0.611. The summed E-state index contributed by atoms with van der Waals surface area (Å²) in [5.41, 5.74) is 6.85. The average molecular weight is 277 g/mol. The third-order valence-electron chi connectivity index (χ3n) is 3.63. The topological polar surface area (TPSA) is 67.6 Å². The van der Waals surface area contributed by atoms with E-state index >= 15 is 0 Å². The van der Waals surface area contributed by atoms with Crippen LogP contribution in [0.25, 0.3) is 0 Å². The molecule has 1 aliphatic heterocycles. The van der Waals surface area contributed by atoms with E-state index < -0.39 is 0 Å². The molecule has 110 valence electrons. The highest BCUT2D eigenvalue weighted by Gasteiger charge is 2.11. The number of rotatable bonds is 6. The lowest BCUT2D eigenvalue weighted by molar-refractivity contribution is 0.0951. The van der Waals surface area contributed by atoms with Gasteiger partial charge in [0.05, 0.1) is 12.8 Å². The van der Waals surface area contributed by atoms with Crippen LogP contribution >= 0.6 is 0 Å². The average Bonchev–Trinajstić information content (AvgIpc) is 2.97. The van der Waals surface area contributed by atoms with Crippen molar-refractivity contribution in [3.63, 3.8) is 0 Å². The van der Waals surface area contributed by atoms with Gasteiger partial charge in [0.25, 0.3) is 5.91 Å². The van der Waals surface area contributed by atoms with E-state index in [2.05, 4.69) is 10.2 Å². The highest BCUT2D eigenvalue weighted by atomic mass is 16.5. The number of nitrogens with two attached hydrogens (primary N) is 1. The van der Waals surface area contributed by atoms with Crippen LogP contribution in [-0.2, 0) is 0 Å². The fourth-order valence-corrected chi connectivity index (χ4v) is 2.47. The molecule has 0 radical (unpaired) electrons. The molecular formula is C15H23N3O2. The van der Waals surface area contributed by atoms with E-state index in [1.54, 1.807) is 25.3 Å². The molecule has 1 heterocycles. The number of hydrogen-bond donors (Lipinski definition) is 2. The second-order valence-electron chi connectivity index (χ2n) is 5.11. The van der Waals surface area contributed by atoms with Crippen molar-refractivity contribution in [3.8, 4) is 5.75 Å². The zero-order valence-electron chi connectivity index (χ0n) is 12.0. The maximum atomic E-state index is 12.0. The molecule has 20 heavy (non-hydrogen) atoms. The number of ether oxygens (including phenoxy) is 1. The van der Waals surface area contributed by atoms with Gasteiger partial charge in [-0.1, -0.05) is 0 Å². The van der Waals surface area contributed by atoms with Gasteiger partial charge in [-0.15, -0.1) is 0 Å². The minimum atomic E-state index is -0.0790. The SMILES string of the molecule is COc1cc(C(=O)NCCCN2CCCC2)ccc1N. The van der Waals surface area contributed by atoms with Gasteiger partial charge in [0.15, 0.2) is 0 Å². The summed E-state index contributed by atoms with van der Waals surface area (Å²) in [6, 6.07) is 5.08. The number of hydrogen-bond acceptors (Lipinski definition) is 4. The molecule has 1 aromatic carbocycles. The van der Waals surface area contributed by atoms with E-state index in [9.17, 15) is 4.79 Å². The second-order valence-corrected chi connectivity index (χ2v) is 5.11. The molecule has 0 atom stereocenters. The van der Waals surface area contributed by atoms with E-state index in [0.717, 1.165) is 13.0 Å². The van der Waals surface area contributed by atoms with Crippen molar-refractivity contribution in [3.05, 3.63) is 23.8 Å². The standard InChI is InChI=1S/C15H23N3O2/c1-20-14-11-12(5-6-13(14)16)15(19)17-7-4-10-18-8-2-3-9-18/h5-6,11H,2-4,7-10,16H2,1H3,(H,17,19). The van der Waals surface area contributed by atoms with E-state index in [0.29, 0.717) is 23.5 Å². The monoisotopic (exact) mass is 277 g/mol. The molecule has 1 saturated heterocycles. The third kappa shape index (κ3) is 3.87. The van der Waals surface area contributed by atoms with Crippen molar-refractivity contribution in [2.24, 2.45) is 0 Å². The zero-order chi connectivity index (χ0) is 14.4. The van der Waals surface area contributed by atoms with E-state index in [1.807, 2.05) is 0 Å². The molecule has 2 rings (SSSR count). The first-order valence-electron chi connectivity index (χ1n) is 7.15. The smallest absolute Gasteiger partial charge is 0.251 e. The summed E-state index contributed by atoms with van der Waals surface area (Å²) in [4.78, 5) is 14.4. The maximum Gasteiger partial charge on any atom is 0.251 e. The molecule has 1 fully saturated rings. The highest BCUT2D eigenvalue weighted by Crippen LogP contribution is 2.21. The van der Waals surface area contributed by atoms with Crippen LogP contribution in [0.5, 0.6) is 5.75 Å². The first kappa shape index (κ1) is 14.7. The number of nitrogens with one attached hydrogen (secondary N) is 1. The van der Waals surface area contributed by atoms with Gasteiger partial charge in [0.1, 0.15) is 5.75 Å². The third-order valence-corrected chi connectivity index (χ3v) is 3.63. The summed E-state index contributed by atoms with van der Waals surface area (Å²) in [5, 5.41) is 2.93. The molecule has 1 amide bonds. The fourth-order valence-electron chi connectivity index (χ4n) is 2.47. The lowest BCUT2D eigenvalue weighted by atomic mass is 10.1. The van der Waals surface area contributed by atoms with Gasteiger partial charge >= 0.3 is 0 Å². The number of nitrogen functional groups attached to an aromatic ring is 1. The van der Waals surface area contributed by atoms with Crippen LogP contribution in [0, 0.1) is 0 Å². The van der Waals surface area contributed by atoms with Crippen molar-refractivity contribution in [2.75, 3.05) is 39.0 Å². The molecule has 0 unspecified atom stereocenters. The van der Waals surface area contributed by atoms with Gasteiger partial charge < -0.3 is 20.7 Å². The largest absolute Gasteiger partial charge is 0.495 e. The summed E-state index contributed by atoms with van der Waals surface area (Å²) in [6.45, 7) is 4.15. The normalized spacial score (nSPS) is 15.2. The van der Waals surface area contributed by atoms with Crippen molar-refractivity contribution in [1.29, 1.82) is 0 Å².